The molecule has 0 amide bonds. The molecule has 2 aromatic carbocycles. The van der Waals surface area contributed by atoms with Gasteiger partial charge in [0.15, 0.2) is 5.75 Å². The molecule has 0 spiro atoms. The Balaban J connectivity index is 1.88. The predicted molar refractivity (Wildman–Crippen MR) is 138 cm³/mol. The second-order valence-electron chi connectivity index (χ2n) is 8.49. The van der Waals surface area contributed by atoms with Crippen molar-refractivity contribution < 1.29 is 14.3 Å². The lowest BCUT2D eigenvalue weighted by atomic mass is 10.1. The summed E-state index contributed by atoms with van der Waals surface area (Å²) in [5.74, 6) is 0.166. The van der Waals surface area contributed by atoms with E-state index in [1.807, 2.05) is 54.6 Å². The minimum absolute atomic E-state index is 0.106. The number of hydrogen-bond donors (Lipinski definition) is 1. The first kappa shape index (κ1) is 24.8. The van der Waals surface area contributed by atoms with Gasteiger partial charge in [0.05, 0.1) is 5.52 Å². The molecule has 6 heteroatoms. The number of aryl methyl sites for hydroxylation is 1. The van der Waals surface area contributed by atoms with Crippen LogP contribution >= 0.6 is 0 Å². The van der Waals surface area contributed by atoms with Crippen molar-refractivity contribution in [3.05, 3.63) is 87.7 Å². The number of nitrogens with zero attached hydrogens (tertiary/aromatic N) is 1. The highest BCUT2D eigenvalue weighted by Crippen LogP contribution is 2.34. The van der Waals surface area contributed by atoms with Gasteiger partial charge in [-0.3, -0.25) is 9.59 Å². The molecule has 0 aliphatic heterocycles. The first-order chi connectivity index (χ1) is 16.4. The van der Waals surface area contributed by atoms with E-state index in [1.54, 1.807) is 7.05 Å². The first-order valence-corrected chi connectivity index (χ1v) is 11.4. The third kappa shape index (κ3) is 6.38. The quantitative estimate of drug-likeness (QED) is 0.291. The highest BCUT2D eigenvalue weighted by atomic mass is 16.5. The van der Waals surface area contributed by atoms with Crippen molar-refractivity contribution in [3.8, 4) is 11.5 Å². The molecule has 1 heterocycles. The Morgan fingerprint density at radius 2 is 1.79 bits per heavy atom. The Hall–Kier alpha value is -3.80. The molecule has 6 nitrogen and oxygen atoms in total. The van der Waals surface area contributed by atoms with Crippen LogP contribution in [0.15, 0.2) is 76.6 Å². The van der Waals surface area contributed by atoms with E-state index in [0.29, 0.717) is 17.4 Å². The van der Waals surface area contributed by atoms with Gasteiger partial charge in [-0.25, -0.2) is 0 Å². The molecule has 0 fully saturated rings. The van der Waals surface area contributed by atoms with E-state index in [4.69, 9.17) is 9.47 Å². The maximum atomic E-state index is 12.9. The van der Waals surface area contributed by atoms with Gasteiger partial charge >= 0.3 is 0 Å². The predicted octanol–water partition coefficient (Wildman–Crippen LogP) is 5.76. The summed E-state index contributed by atoms with van der Waals surface area (Å²) < 4.78 is 12.5. The topological polar surface area (TPSA) is 69.6 Å². The van der Waals surface area contributed by atoms with Crippen LogP contribution in [0.3, 0.4) is 0 Å². The Labute approximate surface area is 200 Å². The summed E-state index contributed by atoms with van der Waals surface area (Å²) in [6, 6.07) is 15.8. The van der Waals surface area contributed by atoms with E-state index in [-0.39, 0.29) is 24.6 Å². The standard InChI is InChI=1S/C28H32N2O4/c1-20(2)9-8-10-21(3)15-16-33-26-24-14-13-23(29-18-22-11-6-5-7-12-22)17-25(24)30(4)28(32)27(26)34-19-31/h5-7,9,11-15,17,19,29H,8,10,16,18H2,1-4H3/b21-15+. The number of aromatic nitrogens is 1. The molecule has 178 valence electrons. The molecular weight excluding hydrogens is 428 g/mol. The number of fused-ring (bicyclic) bond motifs is 1. The number of nitrogens with one attached hydrogen (secondary N) is 1. The lowest BCUT2D eigenvalue weighted by molar-refractivity contribution is -0.120. The van der Waals surface area contributed by atoms with Crippen molar-refractivity contribution in [1.82, 2.24) is 4.57 Å². The zero-order valence-electron chi connectivity index (χ0n) is 20.3. The number of ether oxygens (including phenoxy) is 2. The Bertz CT molecular complexity index is 1250. The number of allylic oxidation sites excluding steroid dienone is 3. The van der Waals surface area contributed by atoms with E-state index >= 15 is 0 Å². The summed E-state index contributed by atoms with van der Waals surface area (Å²) in [4.78, 5) is 24.0. The second kappa shape index (κ2) is 11.9. The second-order valence-corrected chi connectivity index (χ2v) is 8.49. The average Bonchev–Trinajstić information content (AvgIpc) is 2.83. The van der Waals surface area contributed by atoms with Gasteiger partial charge in [-0.1, -0.05) is 47.6 Å². The van der Waals surface area contributed by atoms with Gasteiger partial charge in [0.2, 0.25) is 5.75 Å². The molecular formula is C28H32N2O4. The SMILES string of the molecule is CC(C)=CCC/C(C)=C/COc1c(OC=O)c(=O)n(C)c2cc(NCc3ccccc3)ccc12. The number of rotatable bonds is 11. The monoisotopic (exact) mass is 460 g/mol. The van der Waals surface area contributed by atoms with Crippen LogP contribution < -0.4 is 20.3 Å². The molecule has 0 bridgehead atoms. The van der Waals surface area contributed by atoms with Crippen molar-refractivity contribution in [1.29, 1.82) is 0 Å². The average molecular weight is 461 g/mol. The zero-order valence-corrected chi connectivity index (χ0v) is 20.3. The lowest BCUT2D eigenvalue weighted by Crippen LogP contribution is -2.21. The minimum Gasteiger partial charge on any atom is -0.485 e. The molecule has 0 aliphatic rings. The smallest absolute Gasteiger partial charge is 0.298 e. The molecule has 3 rings (SSSR count). The third-order valence-corrected chi connectivity index (χ3v) is 5.56. The Morgan fingerprint density at radius 1 is 1.03 bits per heavy atom. The van der Waals surface area contributed by atoms with Crippen LogP contribution in [-0.2, 0) is 18.4 Å². The van der Waals surface area contributed by atoms with Crippen molar-refractivity contribution >= 4 is 23.1 Å². The lowest BCUT2D eigenvalue weighted by Gasteiger charge is -2.16. The van der Waals surface area contributed by atoms with Crippen LogP contribution in [0.5, 0.6) is 11.5 Å². The van der Waals surface area contributed by atoms with Crippen molar-refractivity contribution in [2.75, 3.05) is 11.9 Å². The van der Waals surface area contributed by atoms with Crippen LogP contribution in [0.1, 0.15) is 39.2 Å². The Kier molecular flexibility index (Phi) is 8.68. The van der Waals surface area contributed by atoms with Crippen LogP contribution in [-0.4, -0.2) is 17.6 Å². The largest absolute Gasteiger partial charge is 0.485 e. The van der Waals surface area contributed by atoms with E-state index in [0.717, 1.165) is 24.1 Å². The van der Waals surface area contributed by atoms with Crippen molar-refractivity contribution in [2.45, 2.75) is 40.2 Å². The van der Waals surface area contributed by atoms with Gasteiger partial charge in [0, 0.05) is 24.7 Å². The number of hydrogen-bond acceptors (Lipinski definition) is 5. The molecule has 0 saturated carbocycles. The third-order valence-electron chi connectivity index (χ3n) is 5.56. The first-order valence-electron chi connectivity index (χ1n) is 11.4. The van der Waals surface area contributed by atoms with Crippen LogP contribution in [0, 0.1) is 0 Å². The minimum atomic E-state index is -0.431. The van der Waals surface area contributed by atoms with E-state index in [9.17, 15) is 9.59 Å². The molecule has 0 aliphatic carbocycles. The summed E-state index contributed by atoms with van der Waals surface area (Å²) in [6.07, 6.45) is 6.09. The van der Waals surface area contributed by atoms with Crippen molar-refractivity contribution in [3.63, 3.8) is 0 Å². The molecule has 0 atom stereocenters. The fourth-order valence-corrected chi connectivity index (χ4v) is 3.65. The molecule has 34 heavy (non-hydrogen) atoms. The van der Waals surface area contributed by atoms with Crippen LogP contribution in [0.25, 0.3) is 10.9 Å². The molecule has 1 N–H and O–H groups in total. The number of carbonyl (C=O) groups excluding carboxylic acids is 1. The number of benzene rings is 2. The number of carbonyl (C=O) groups is 1. The highest BCUT2D eigenvalue weighted by Gasteiger charge is 2.18. The summed E-state index contributed by atoms with van der Waals surface area (Å²) in [5, 5.41) is 4.08. The summed E-state index contributed by atoms with van der Waals surface area (Å²) in [5.41, 5.74) is 4.76. The van der Waals surface area contributed by atoms with Crippen molar-refractivity contribution in [2.24, 2.45) is 7.05 Å². The van der Waals surface area contributed by atoms with Crippen LogP contribution in [0.2, 0.25) is 0 Å². The van der Waals surface area contributed by atoms with Gasteiger partial charge < -0.3 is 19.4 Å². The fourth-order valence-electron chi connectivity index (χ4n) is 3.65. The fraction of sp³-hybridized carbons (Fsp3) is 0.286. The molecule has 0 radical (unpaired) electrons. The molecule has 3 aromatic rings. The van der Waals surface area contributed by atoms with E-state index in [2.05, 4.69) is 32.2 Å². The number of anilines is 1. The maximum Gasteiger partial charge on any atom is 0.298 e. The van der Waals surface area contributed by atoms with Gasteiger partial charge in [0.1, 0.15) is 6.61 Å². The van der Waals surface area contributed by atoms with Gasteiger partial charge in [0.25, 0.3) is 12.0 Å². The summed E-state index contributed by atoms with van der Waals surface area (Å²) in [7, 11) is 1.65. The van der Waals surface area contributed by atoms with Crippen LogP contribution in [0.4, 0.5) is 5.69 Å². The van der Waals surface area contributed by atoms with E-state index < -0.39 is 5.56 Å². The normalized spacial score (nSPS) is 11.2. The van der Waals surface area contributed by atoms with Gasteiger partial charge in [-0.15, -0.1) is 0 Å². The molecule has 0 unspecified atom stereocenters. The van der Waals surface area contributed by atoms with Gasteiger partial charge in [-0.2, -0.15) is 0 Å². The molecule has 1 aromatic heterocycles. The molecule has 0 saturated heterocycles. The summed E-state index contributed by atoms with van der Waals surface area (Å²) in [6.45, 7) is 7.41. The van der Waals surface area contributed by atoms with E-state index in [1.165, 1.54) is 15.7 Å². The highest BCUT2D eigenvalue weighted by molar-refractivity contribution is 5.90. The zero-order chi connectivity index (χ0) is 24.5. The summed E-state index contributed by atoms with van der Waals surface area (Å²) >= 11 is 0. The maximum absolute atomic E-state index is 12.9. The van der Waals surface area contributed by atoms with Gasteiger partial charge in [-0.05, 0) is 63.5 Å². The number of pyridine rings is 1. The Morgan fingerprint density at radius 3 is 2.50 bits per heavy atom.